The Morgan fingerprint density at radius 2 is 1.90 bits per heavy atom. The van der Waals surface area contributed by atoms with Crippen molar-refractivity contribution in [1.29, 1.82) is 0 Å². The second-order valence-corrected chi connectivity index (χ2v) is 2.68. The van der Waals surface area contributed by atoms with Crippen LogP contribution in [0.5, 0.6) is 5.75 Å². The van der Waals surface area contributed by atoms with Crippen LogP contribution in [0, 0.1) is 0 Å². The summed E-state index contributed by atoms with van der Waals surface area (Å²) < 4.78 is 1.05. The second kappa shape index (κ2) is 3.58. The van der Waals surface area contributed by atoms with Crippen LogP contribution in [0.4, 0.5) is 0 Å². The first-order valence-electron chi connectivity index (χ1n) is 2.92. The molecule has 0 unspecified atom stereocenters. The lowest BCUT2D eigenvalue weighted by Crippen LogP contribution is -2.10. The topological polar surface area (TPSA) is 21.3 Å². The molecule has 2 nitrogen and oxygen atoms in total. The minimum atomic E-state index is 0.811. The van der Waals surface area contributed by atoms with Gasteiger partial charge in [0, 0.05) is 11.5 Å². The number of benzene rings is 1. The molecule has 0 aliphatic heterocycles. The van der Waals surface area contributed by atoms with Crippen molar-refractivity contribution in [2.24, 2.45) is 0 Å². The Labute approximate surface area is 68.3 Å². The lowest BCUT2D eigenvalue weighted by Gasteiger charge is -2.00. The fraction of sp³-hybridized carbons (Fsp3) is 0.143. The van der Waals surface area contributed by atoms with Gasteiger partial charge in [-0.15, -0.1) is 0 Å². The number of halogens is 1. The highest BCUT2D eigenvalue weighted by atomic mass is 79.9. The summed E-state index contributed by atoms with van der Waals surface area (Å²) in [5, 5.41) is 0. The van der Waals surface area contributed by atoms with Gasteiger partial charge in [-0.1, -0.05) is 15.9 Å². The van der Waals surface area contributed by atoms with E-state index in [1.54, 1.807) is 7.05 Å². The summed E-state index contributed by atoms with van der Waals surface area (Å²) in [6.07, 6.45) is 0. The molecule has 1 N–H and O–H groups in total. The van der Waals surface area contributed by atoms with Gasteiger partial charge in [0.15, 0.2) is 0 Å². The van der Waals surface area contributed by atoms with Crippen molar-refractivity contribution < 1.29 is 4.84 Å². The summed E-state index contributed by atoms with van der Waals surface area (Å²) >= 11 is 3.32. The van der Waals surface area contributed by atoms with E-state index in [0.717, 1.165) is 10.2 Å². The molecule has 0 bridgehead atoms. The molecule has 0 saturated carbocycles. The molecule has 0 saturated heterocycles. The highest BCUT2D eigenvalue weighted by Gasteiger charge is 1.89. The van der Waals surface area contributed by atoms with Crippen LogP contribution in [-0.2, 0) is 0 Å². The first kappa shape index (κ1) is 7.57. The third-order valence-electron chi connectivity index (χ3n) is 1.03. The normalized spacial score (nSPS) is 9.40. The maximum atomic E-state index is 4.99. The predicted molar refractivity (Wildman–Crippen MR) is 43.8 cm³/mol. The molecule has 0 aromatic heterocycles. The van der Waals surface area contributed by atoms with E-state index in [2.05, 4.69) is 21.4 Å². The van der Waals surface area contributed by atoms with Crippen LogP contribution in [0.15, 0.2) is 28.7 Å². The van der Waals surface area contributed by atoms with E-state index in [-0.39, 0.29) is 0 Å². The van der Waals surface area contributed by atoms with Gasteiger partial charge in [-0.05, 0) is 24.3 Å². The van der Waals surface area contributed by atoms with Gasteiger partial charge in [0.25, 0.3) is 0 Å². The molecule has 0 spiro atoms. The Balaban J connectivity index is 2.69. The van der Waals surface area contributed by atoms with Crippen LogP contribution < -0.4 is 10.3 Å². The average molecular weight is 202 g/mol. The van der Waals surface area contributed by atoms with Crippen LogP contribution >= 0.6 is 15.9 Å². The van der Waals surface area contributed by atoms with Gasteiger partial charge in [0.1, 0.15) is 5.75 Å². The number of nitrogens with one attached hydrogen (secondary N) is 1. The zero-order valence-electron chi connectivity index (χ0n) is 5.60. The van der Waals surface area contributed by atoms with E-state index in [0.29, 0.717) is 0 Å². The lowest BCUT2D eigenvalue weighted by atomic mass is 10.3. The molecule has 0 aliphatic rings. The van der Waals surface area contributed by atoms with E-state index in [1.807, 2.05) is 24.3 Å². The summed E-state index contributed by atoms with van der Waals surface area (Å²) in [4.78, 5) is 4.99. The molecule has 0 heterocycles. The van der Waals surface area contributed by atoms with Gasteiger partial charge in [-0.25, -0.2) is 0 Å². The molecule has 0 atom stereocenters. The van der Waals surface area contributed by atoms with E-state index < -0.39 is 0 Å². The van der Waals surface area contributed by atoms with Gasteiger partial charge in [-0.2, -0.15) is 5.48 Å². The number of rotatable bonds is 2. The first-order valence-corrected chi connectivity index (χ1v) is 3.71. The van der Waals surface area contributed by atoms with E-state index in [4.69, 9.17) is 4.84 Å². The molecule has 1 aromatic carbocycles. The van der Waals surface area contributed by atoms with Crippen molar-refractivity contribution in [3.8, 4) is 5.75 Å². The Morgan fingerprint density at radius 1 is 1.30 bits per heavy atom. The van der Waals surface area contributed by atoms with Gasteiger partial charge in [0.05, 0.1) is 0 Å². The smallest absolute Gasteiger partial charge is 0.147 e. The summed E-state index contributed by atoms with van der Waals surface area (Å²) in [6.45, 7) is 0. The zero-order valence-corrected chi connectivity index (χ0v) is 7.18. The number of hydroxylamine groups is 1. The predicted octanol–water partition coefficient (Wildman–Crippen LogP) is 1.96. The summed E-state index contributed by atoms with van der Waals surface area (Å²) in [6, 6.07) is 7.60. The molecule has 1 aromatic rings. The monoisotopic (exact) mass is 201 g/mol. The van der Waals surface area contributed by atoms with E-state index in [1.165, 1.54) is 0 Å². The Morgan fingerprint density at radius 3 is 2.40 bits per heavy atom. The van der Waals surface area contributed by atoms with E-state index >= 15 is 0 Å². The fourth-order valence-corrected chi connectivity index (χ4v) is 0.885. The van der Waals surface area contributed by atoms with Crippen LogP contribution in [0.2, 0.25) is 0 Å². The van der Waals surface area contributed by atoms with E-state index in [9.17, 15) is 0 Å². The molecule has 54 valence electrons. The molecule has 0 aliphatic carbocycles. The molecule has 0 fully saturated rings. The van der Waals surface area contributed by atoms with Crippen molar-refractivity contribution in [3.63, 3.8) is 0 Å². The molecule has 0 radical (unpaired) electrons. The van der Waals surface area contributed by atoms with Crippen molar-refractivity contribution >= 4 is 15.9 Å². The van der Waals surface area contributed by atoms with Gasteiger partial charge in [0.2, 0.25) is 0 Å². The average Bonchev–Trinajstić information content (AvgIpc) is 1.95. The summed E-state index contributed by atoms with van der Waals surface area (Å²) in [5.74, 6) is 0.811. The Hall–Kier alpha value is -0.540. The number of hydrogen-bond donors (Lipinski definition) is 1. The Bertz CT molecular complexity index is 197. The van der Waals surface area contributed by atoms with Crippen LogP contribution in [0.1, 0.15) is 0 Å². The van der Waals surface area contributed by atoms with Crippen molar-refractivity contribution in [2.45, 2.75) is 0 Å². The quantitative estimate of drug-likeness (QED) is 0.740. The lowest BCUT2D eigenvalue weighted by molar-refractivity contribution is 0.224. The molecule has 10 heavy (non-hydrogen) atoms. The molecule has 0 amide bonds. The minimum absolute atomic E-state index is 0.811. The van der Waals surface area contributed by atoms with Gasteiger partial charge < -0.3 is 4.84 Å². The third kappa shape index (κ3) is 2.01. The van der Waals surface area contributed by atoms with Crippen LogP contribution in [-0.4, -0.2) is 7.05 Å². The summed E-state index contributed by atoms with van der Waals surface area (Å²) in [5.41, 5.74) is 2.59. The molecular formula is C7H8BrNO. The fourth-order valence-electron chi connectivity index (χ4n) is 0.620. The second-order valence-electron chi connectivity index (χ2n) is 1.76. The van der Waals surface area contributed by atoms with Crippen molar-refractivity contribution in [1.82, 2.24) is 5.48 Å². The molecule has 1 rings (SSSR count). The minimum Gasteiger partial charge on any atom is -0.409 e. The third-order valence-corrected chi connectivity index (χ3v) is 1.56. The summed E-state index contributed by atoms with van der Waals surface area (Å²) in [7, 11) is 1.72. The first-order chi connectivity index (χ1) is 4.83. The maximum absolute atomic E-state index is 4.99. The molecular weight excluding hydrogens is 194 g/mol. The SMILES string of the molecule is CNOc1ccc(Br)cc1. The highest BCUT2D eigenvalue weighted by Crippen LogP contribution is 2.14. The van der Waals surface area contributed by atoms with Crippen LogP contribution in [0.25, 0.3) is 0 Å². The van der Waals surface area contributed by atoms with Crippen molar-refractivity contribution in [2.75, 3.05) is 7.05 Å². The van der Waals surface area contributed by atoms with Crippen LogP contribution in [0.3, 0.4) is 0 Å². The van der Waals surface area contributed by atoms with Crippen molar-refractivity contribution in [3.05, 3.63) is 28.7 Å². The Kier molecular flexibility index (Phi) is 2.71. The maximum Gasteiger partial charge on any atom is 0.147 e. The molecule has 3 heteroatoms. The van der Waals surface area contributed by atoms with Gasteiger partial charge in [-0.3, -0.25) is 0 Å². The van der Waals surface area contributed by atoms with Gasteiger partial charge >= 0.3 is 0 Å². The largest absolute Gasteiger partial charge is 0.409 e. The standard InChI is InChI=1S/C7H8BrNO/c1-9-10-7-4-2-6(8)3-5-7/h2-5,9H,1H3. The number of hydrogen-bond acceptors (Lipinski definition) is 2. The zero-order chi connectivity index (χ0) is 7.40. The highest BCUT2D eigenvalue weighted by molar-refractivity contribution is 9.10.